The zero-order valence-corrected chi connectivity index (χ0v) is 13.1. The van der Waals surface area contributed by atoms with E-state index in [0.29, 0.717) is 23.1 Å². The summed E-state index contributed by atoms with van der Waals surface area (Å²) in [4.78, 5) is 24.0. The summed E-state index contributed by atoms with van der Waals surface area (Å²) >= 11 is 3.21. The Labute approximate surface area is 126 Å². The van der Waals surface area contributed by atoms with E-state index < -0.39 is 4.92 Å². The lowest BCUT2D eigenvalue weighted by Gasteiger charge is -2.18. The first-order valence-corrected chi connectivity index (χ1v) is 7.20. The number of likely N-dealkylation sites (N-methyl/N-ethyl adjacent to an activating group) is 1. The zero-order chi connectivity index (χ0) is 15.1. The summed E-state index contributed by atoms with van der Waals surface area (Å²) in [6, 6.07) is 4.89. The Morgan fingerprint density at radius 1 is 1.40 bits per heavy atom. The van der Waals surface area contributed by atoms with Gasteiger partial charge in [-0.3, -0.25) is 14.9 Å². The molecule has 1 rings (SSSR count). The lowest BCUT2D eigenvalue weighted by atomic mass is 10.2. The fraction of sp³-hybridized carbons (Fsp3) is 0.462. The van der Waals surface area contributed by atoms with Gasteiger partial charge in [-0.2, -0.15) is 0 Å². The van der Waals surface area contributed by atoms with Crippen LogP contribution in [0.4, 0.5) is 5.69 Å². The highest BCUT2D eigenvalue weighted by molar-refractivity contribution is 9.10. The number of benzene rings is 1. The third-order valence-corrected chi connectivity index (χ3v) is 3.45. The molecule has 0 heterocycles. The molecule has 0 aromatic heterocycles. The van der Waals surface area contributed by atoms with Crippen molar-refractivity contribution in [2.75, 3.05) is 19.6 Å². The van der Waals surface area contributed by atoms with Gasteiger partial charge in [0, 0.05) is 35.7 Å². The highest BCUT2D eigenvalue weighted by atomic mass is 79.9. The Hall–Kier alpha value is -1.47. The van der Waals surface area contributed by atoms with Gasteiger partial charge in [0.1, 0.15) is 0 Å². The number of nitrogens with zero attached hydrogens (tertiary/aromatic N) is 2. The fourth-order valence-corrected chi connectivity index (χ4v) is 2.20. The summed E-state index contributed by atoms with van der Waals surface area (Å²) in [6.07, 6.45) is 0. The van der Waals surface area contributed by atoms with E-state index in [2.05, 4.69) is 21.2 Å². The van der Waals surface area contributed by atoms with E-state index in [1.54, 1.807) is 17.0 Å². The average Bonchev–Trinajstić information content (AvgIpc) is 2.41. The van der Waals surface area contributed by atoms with E-state index in [9.17, 15) is 14.9 Å². The van der Waals surface area contributed by atoms with Gasteiger partial charge < -0.3 is 10.2 Å². The average molecular weight is 344 g/mol. The molecule has 0 fully saturated rings. The molecule has 1 N–H and O–H groups in total. The summed E-state index contributed by atoms with van der Waals surface area (Å²) in [5, 5.41) is 13.9. The van der Waals surface area contributed by atoms with E-state index >= 15 is 0 Å². The van der Waals surface area contributed by atoms with Gasteiger partial charge in [0.2, 0.25) is 5.91 Å². The quantitative estimate of drug-likeness (QED) is 0.608. The Morgan fingerprint density at radius 3 is 2.60 bits per heavy atom. The third kappa shape index (κ3) is 4.57. The second kappa shape index (κ2) is 7.96. The number of rotatable bonds is 7. The first-order chi connectivity index (χ1) is 9.49. The van der Waals surface area contributed by atoms with Crippen molar-refractivity contribution in [3.05, 3.63) is 38.3 Å². The summed E-state index contributed by atoms with van der Waals surface area (Å²) in [6.45, 7) is 5.62. The number of hydrogen-bond acceptors (Lipinski definition) is 4. The third-order valence-electron chi connectivity index (χ3n) is 2.95. The summed E-state index contributed by atoms with van der Waals surface area (Å²) < 4.78 is 0.659. The molecule has 110 valence electrons. The maximum absolute atomic E-state index is 11.8. The molecule has 0 saturated heterocycles. The highest BCUT2D eigenvalue weighted by Gasteiger charge is 2.14. The molecule has 1 aromatic rings. The topological polar surface area (TPSA) is 75.5 Å². The molecule has 0 spiro atoms. The number of carbonyl (C=O) groups is 1. The minimum absolute atomic E-state index is 0.00485. The van der Waals surface area contributed by atoms with Crippen molar-refractivity contribution in [2.45, 2.75) is 20.4 Å². The number of nitrogens with one attached hydrogen (secondary N) is 1. The number of halogens is 1. The van der Waals surface area contributed by atoms with Crippen molar-refractivity contribution >= 4 is 27.5 Å². The van der Waals surface area contributed by atoms with Crippen molar-refractivity contribution in [1.29, 1.82) is 0 Å². The predicted molar refractivity (Wildman–Crippen MR) is 80.4 cm³/mol. The minimum atomic E-state index is -0.423. The van der Waals surface area contributed by atoms with Crippen LogP contribution in [0.5, 0.6) is 0 Å². The first-order valence-electron chi connectivity index (χ1n) is 6.40. The van der Waals surface area contributed by atoms with Crippen LogP contribution in [0.1, 0.15) is 19.4 Å². The van der Waals surface area contributed by atoms with Gasteiger partial charge in [0.15, 0.2) is 0 Å². The fourth-order valence-electron chi connectivity index (χ4n) is 1.85. The van der Waals surface area contributed by atoms with Gasteiger partial charge in [-0.05, 0) is 26.0 Å². The van der Waals surface area contributed by atoms with Crippen LogP contribution >= 0.6 is 15.9 Å². The van der Waals surface area contributed by atoms with Crippen LogP contribution in [0.15, 0.2) is 22.7 Å². The van der Waals surface area contributed by atoms with Crippen LogP contribution in [-0.2, 0) is 11.3 Å². The molecule has 1 aromatic carbocycles. The predicted octanol–water partition coefficient (Wildman–Crippen LogP) is 2.32. The van der Waals surface area contributed by atoms with Crippen LogP contribution in [0.3, 0.4) is 0 Å². The van der Waals surface area contributed by atoms with Gasteiger partial charge in [0.05, 0.1) is 11.5 Å². The first kappa shape index (κ1) is 16.6. The van der Waals surface area contributed by atoms with Crippen LogP contribution < -0.4 is 5.32 Å². The second-order valence-corrected chi connectivity index (χ2v) is 5.12. The molecule has 0 radical (unpaired) electrons. The van der Waals surface area contributed by atoms with Gasteiger partial charge in [-0.25, -0.2) is 0 Å². The number of amides is 1. The second-order valence-electron chi connectivity index (χ2n) is 4.20. The van der Waals surface area contributed by atoms with Crippen LogP contribution in [0.25, 0.3) is 0 Å². The number of hydrogen-bond donors (Lipinski definition) is 1. The van der Waals surface area contributed by atoms with Gasteiger partial charge in [0.25, 0.3) is 5.69 Å². The van der Waals surface area contributed by atoms with E-state index in [0.717, 1.165) is 0 Å². The molecule has 7 heteroatoms. The molecule has 0 saturated carbocycles. The van der Waals surface area contributed by atoms with E-state index in [1.165, 1.54) is 6.07 Å². The molecule has 1 amide bonds. The van der Waals surface area contributed by atoms with Crippen molar-refractivity contribution < 1.29 is 9.72 Å². The number of carbonyl (C=O) groups excluding carboxylic acids is 1. The van der Waals surface area contributed by atoms with E-state index in [-0.39, 0.29) is 24.7 Å². The molecular formula is C13H18BrN3O3. The Balaban J connectivity index is 2.62. The summed E-state index contributed by atoms with van der Waals surface area (Å²) in [5.41, 5.74) is 0.604. The molecule has 20 heavy (non-hydrogen) atoms. The molecule has 0 atom stereocenters. The Kier molecular flexibility index (Phi) is 6.60. The minimum Gasteiger partial charge on any atom is -0.342 e. The van der Waals surface area contributed by atoms with Crippen LogP contribution in [0, 0.1) is 10.1 Å². The van der Waals surface area contributed by atoms with E-state index in [4.69, 9.17) is 0 Å². The van der Waals surface area contributed by atoms with Crippen molar-refractivity contribution in [3.8, 4) is 0 Å². The summed E-state index contributed by atoms with van der Waals surface area (Å²) in [7, 11) is 0. The molecule has 0 bridgehead atoms. The maximum Gasteiger partial charge on any atom is 0.275 e. The lowest BCUT2D eigenvalue weighted by molar-refractivity contribution is -0.385. The van der Waals surface area contributed by atoms with Gasteiger partial charge >= 0.3 is 0 Å². The smallest absolute Gasteiger partial charge is 0.275 e. The molecule has 0 unspecified atom stereocenters. The molecule has 0 aliphatic heterocycles. The Bertz CT molecular complexity index is 490. The van der Waals surface area contributed by atoms with Crippen LogP contribution in [-0.4, -0.2) is 35.4 Å². The van der Waals surface area contributed by atoms with Gasteiger partial charge in [-0.15, -0.1) is 0 Å². The van der Waals surface area contributed by atoms with E-state index in [1.807, 2.05) is 13.8 Å². The zero-order valence-electron chi connectivity index (χ0n) is 11.6. The lowest BCUT2D eigenvalue weighted by Crippen LogP contribution is -2.37. The standard InChI is InChI=1S/C13H18BrN3O3/c1-3-16(4-2)13(18)9-15-8-10-5-6-11(14)7-12(10)17(19)20/h5-7,15H,3-4,8-9H2,1-2H3. The van der Waals surface area contributed by atoms with Crippen molar-refractivity contribution in [1.82, 2.24) is 10.2 Å². The largest absolute Gasteiger partial charge is 0.342 e. The monoisotopic (exact) mass is 343 g/mol. The maximum atomic E-state index is 11.8. The number of nitro benzene ring substituents is 1. The Morgan fingerprint density at radius 2 is 2.05 bits per heavy atom. The molecule has 0 aliphatic carbocycles. The molecular weight excluding hydrogens is 326 g/mol. The van der Waals surface area contributed by atoms with Gasteiger partial charge in [-0.1, -0.05) is 15.9 Å². The SMILES string of the molecule is CCN(CC)C(=O)CNCc1ccc(Br)cc1[N+](=O)[O-]. The highest BCUT2D eigenvalue weighted by Crippen LogP contribution is 2.23. The normalized spacial score (nSPS) is 10.3. The molecule has 6 nitrogen and oxygen atoms in total. The number of nitro groups is 1. The molecule has 0 aliphatic rings. The van der Waals surface area contributed by atoms with Crippen molar-refractivity contribution in [2.24, 2.45) is 0 Å². The van der Waals surface area contributed by atoms with Crippen LogP contribution in [0.2, 0.25) is 0 Å². The van der Waals surface area contributed by atoms with Crippen molar-refractivity contribution in [3.63, 3.8) is 0 Å². The summed E-state index contributed by atoms with van der Waals surface area (Å²) in [5.74, 6) is -0.00485.